The average Bonchev–Trinajstić information content (AvgIpc) is 3.34. The number of halogens is 2. The van der Waals surface area contributed by atoms with Gasteiger partial charge in [-0.3, -0.25) is 4.79 Å². The first-order valence-electron chi connectivity index (χ1n) is 9.09. The summed E-state index contributed by atoms with van der Waals surface area (Å²) in [5.74, 6) is 0.381. The quantitative estimate of drug-likeness (QED) is 0.443. The first-order chi connectivity index (χ1) is 14.1. The Morgan fingerprint density at radius 2 is 2.07 bits per heavy atom. The largest absolute Gasteiger partial charge is 0.484 e. The molecule has 0 saturated carbocycles. The third-order valence-corrected chi connectivity index (χ3v) is 4.91. The van der Waals surface area contributed by atoms with Gasteiger partial charge in [0.1, 0.15) is 18.2 Å². The molecule has 0 fully saturated rings. The van der Waals surface area contributed by atoms with Crippen LogP contribution >= 0.6 is 11.6 Å². The van der Waals surface area contributed by atoms with Crippen LogP contribution in [0.15, 0.2) is 65.4 Å². The van der Waals surface area contributed by atoms with Crippen molar-refractivity contribution in [2.24, 2.45) is 0 Å². The lowest BCUT2D eigenvalue weighted by Gasteiger charge is -2.08. The Labute approximate surface area is 171 Å². The highest BCUT2D eigenvalue weighted by Crippen LogP contribution is 2.25. The van der Waals surface area contributed by atoms with Gasteiger partial charge in [0.15, 0.2) is 5.76 Å². The topological polar surface area (TPSA) is 67.3 Å². The Kier molecular flexibility index (Phi) is 5.53. The van der Waals surface area contributed by atoms with E-state index in [1.807, 2.05) is 18.3 Å². The van der Waals surface area contributed by atoms with Crippen molar-refractivity contribution in [3.05, 3.63) is 88.7 Å². The van der Waals surface area contributed by atoms with Crippen LogP contribution in [0.25, 0.3) is 10.9 Å². The average molecular weight is 413 g/mol. The lowest BCUT2D eigenvalue weighted by molar-refractivity contribution is 0.0949. The van der Waals surface area contributed by atoms with Crippen LogP contribution < -0.4 is 10.1 Å². The number of hydrogen-bond acceptors (Lipinski definition) is 3. The zero-order chi connectivity index (χ0) is 20.2. The molecule has 0 atom stereocenters. The monoisotopic (exact) mass is 412 g/mol. The zero-order valence-electron chi connectivity index (χ0n) is 15.4. The molecule has 2 N–H and O–H groups in total. The summed E-state index contributed by atoms with van der Waals surface area (Å²) in [6.45, 7) is 0.486. The van der Waals surface area contributed by atoms with Gasteiger partial charge in [0.05, 0.1) is 16.8 Å². The predicted octanol–water partition coefficient (Wildman–Crippen LogP) is 5.10. The lowest BCUT2D eigenvalue weighted by Crippen LogP contribution is -2.26. The number of carbonyl (C=O) groups is 1. The number of hydrogen-bond donors (Lipinski definition) is 2. The minimum Gasteiger partial charge on any atom is -0.484 e. The number of H-pyrrole nitrogens is 1. The molecule has 29 heavy (non-hydrogen) atoms. The molecule has 1 amide bonds. The summed E-state index contributed by atoms with van der Waals surface area (Å²) in [5.41, 5.74) is 2.21. The van der Waals surface area contributed by atoms with E-state index in [0.717, 1.165) is 16.5 Å². The molecular weight excluding hydrogens is 395 g/mol. The van der Waals surface area contributed by atoms with Crippen LogP contribution in [0.2, 0.25) is 5.02 Å². The highest BCUT2D eigenvalue weighted by Gasteiger charge is 2.16. The number of furan rings is 1. The van der Waals surface area contributed by atoms with Crippen molar-refractivity contribution in [1.82, 2.24) is 10.3 Å². The number of aromatic nitrogens is 1. The number of rotatable bonds is 7. The molecule has 2 heterocycles. The molecule has 0 saturated heterocycles. The van der Waals surface area contributed by atoms with Gasteiger partial charge >= 0.3 is 0 Å². The van der Waals surface area contributed by atoms with Crippen LogP contribution in [0.4, 0.5) is 4.39 Å². The number of ether oxygens (including phenoxy) is 1. The van der Waals surface area contributed by atoms with E-state index in [1.54, 1.807) is 24.3 Å². The van der Waals surface area contributed by atoms with Crippen LogP contribution in [0, 0.1) is 5.82 Å². The standard InChI is InChI=1S/C22H18ClFN2O3/c23-18-3-1-2-4-20(18)29-13-21-16(8-10-28-21)22(27)25-9-7-14-12-26-19-6-5-15(24)11-17(14)19/h1-6,8,10-12,26H,7,9,13H2,(H,25,27). The SMILES string of the molecule is O=C(NCCc1c[nH]c2ccc(F)cc12)c1ccoc1COc1ccccc1Cl. The molecule has 2 aromatic carbocycles. The molecule has 2 aromatic heterocycles. The second kappa shape index (κ2) is 8.41. The Balaban J connectivity index is 1.36. The fourth-order valence-corrected chi connectivity index (χ4v) is 3.31. The van der Waals surface area contributed by atoms with Gasteiger partial charge < -0.3 is 19.5 Å². The molecule has 0 aliphatic rings. The molecule has 0 unspecified atom stereocenters. The maximum atomic E-state index is 13.5. The Morgan fingerprint density at radius 1 is 1.21 bits per heavy atom. The molecular formula is C22H18ClFN2O3. The third-order valence-electron chi connectivity index (χ3n) is 4.59. The van der Waals surface area contributed by atoms with Crippen LogP contribution in [-0.4, -0.2) is 17.4 Å². The Morgan fingerprint density at radius 3 is 2.93 bits per heavy atom. The van der Waals surface area contributed by atoms with Gasteiger partial charge in [0, 0.05) is 23.6 Å². The van der Waals surface area contributed by atoms with E-state index in [4.69, 9.17) is 20.8 Å². The number of carbonyl (C=O) groups excluding carboxylic acids is 1. The van der Waals surface area contributed by atoms with Crippen molar-refractivity contribution in [2.45, 2.75) is 13.0 Å². The summed E-state index contributed by atoms with van der Waals surface area (Å²) in [4.78, 5) is 15.6. The van der Waals surface area contributed by atoms with E-state index in [9.17, 15) is 9.18 Å². The van der Waals surface area contributed by atoms with E-state index in [1.165, 1.54) is 18.4 Å². The fourth-order valence-electron chi connectivity index (χ4n) is 3.12. The maximum absolute atomic E-state index is 13.5. The lowest BCUT2D eigenvalue weighted by atomic mass is 10.1. The van der Waals surface area contributed by atoms with Crippen molar-refractivity contribution in [2.75, 3.05) is 6.54 Å². The fraction of sp³-hybridized carbons (Fsp3) is 0.136. The van der Waals surface area contributed by atoms with E-state index in [-0.39, 0.29) is 18.3 Å². The third kappa shape index (κ3) is 4.27. The van der Waals surface area contributed by atoms with Crippen LogP contribution in [0.5, 0.6) is 5.75 Å². The van der Waals surface area contributed by atoms with Crippen LogP contribution in [0.1, 0.15) is 21.7 Å². The zero-order valence-corrected chi connectivity index (χ0v) is 16.1. The van der Waals surface area contributed by atoms with Gasteiger partial charge in [-0.2, -0.15) is 0 Å². The van der Waals surface area contributed by atoms with Gasteiger partial charge in [-0.05, 0) is 48.4 Å². The van der Waals surface area contributed by atoms with E-state index >= 15 is 0 Å². The summed E-state index contributed by atoms with van der Waals surface area (Å²) in [6.07, 6.45) is 3.85. The maximum Gasteiger partial charge on any atom is 0.254 e. The number of benzene rings is 2. The molecule has 0 radical (unpaired) electrons. The first kappa shape index (κ1) is 19.1. The molecule has 4 rings (SSSR count). The minimum atomic E-state index is -0.288. The molecule has 4 aromatic rings. The van der Waals surface area contributed by atoms with Gasteiger partial charge in [-0.25, -0.2) is 4.39 Å². The molecule has 7 heteroatoms. The number of amides is 1. The summed E-state index contributed by atoms with van der Waals surface area (Å²) >= 11 is 6.07. The highest BCUT2D eigenvalue weighted by atomic mass is 35.5. The van der Waals surface area contributed by atoms with E-state index in [2.05, 4.69) is 10.3 Å². The van der Waals surface area contributed by atoms with Crippen molar-refractivity contribution in [3.63, 3.8) is 0 Å². The highest BCUT2D eigenvalue weighted by molar-refractivity contribution is 6.32. The Bertz CT molecular complexity index is 1150. The summed E-state index contributed by atoms with van der Waals surface area (Å²) in [7, 11) is 0. The predicted molar refractivity (Wildman–Crippen MR) is 109 cm³/mol. The molecule has 0 aliphatic heterocycles. The summed E-state index contributed by atoms with van der Waals surface area (Å²) in [6, 6.07) is 13.3. The normalized spacial score (nSPS) is 11.0. The van der Waals surface area contributed by atoms with Gasteiger partial charge in [-0.1, -0.05) is 23.7 Å². The number of fused-ring (bicyclic) bond motifs is 1. The number of para-hydroxylation sites is 1. The van der Waals surface area contributed by atoms with Crippen LogP contribution in [-0.2, 0) is 13.0 Å². The molecule has 0 bridgehead atoms. The molecule has 148 valence electrons. The minimum absolute atomic E-state index is 0.0845. The van der Waals surface area contributed by atoms with Gasteiger partial charge in [-0.15, -0.1) is 0 Å². The summed E-state index contributed by atoms with van der Waals surface area (Å²) < 4.78 is 24.5. The molecule has 0 aliphatic carbocycles. The number of aromatic amines is 1. The van der Waals surface area contributed by atoms with E-state index < -0.39 is 0 Å². The van der Waals surface area contributed by atoms with Crippen molar-refractivity contribution in [1.29, 1.82) is 0 Å². The smallest absolute Gasteiger partial charge is 0.254 e. The van der Waals surface area contributed by atoms with Crippen molar-refractivity contribution < 1.29 is 18.3 Å². The molecule has 5 nitrogen and oxygen atoms in total. The first-order valence-corrected chi connectivity index (χ1v) is 9.47. The van der Waals surface area contributed by atoms with Crippen molar-refractivity contribution >= 4 is 28.4 Å². The molecule has 0 spiro atoms. The summed E-state index contributed by atoms with van der Waals surface area (Å²) in [5, 5.41) is 4.17. The van der Waals surface area contributed by atoms with E-state index in [0.29, 0.717) is 35.1 Å². The Hall–Kier alpha value is -3.25. The van der Waals surface area contributed by atoms with Gasteiger partial charge in [0.2, 0.25) is 0 Å². The number of nitrogens with one attached hydrogen (secondary N) is 2. The van der Waals surface area contributed by atoms with Crippen LogP contribution in [0.3, 0.4) is 0 Å². The second-order valence-electron chi connectivity index (χ2n) is 6.49. The van der Waals surface area contributed by atoms with Crippen molar-refractivity contribution in [3.8, 4) is 5.75 Å². The second-order valence-corrected chi connectivity index (χ2v) is 6.89. The van der Waals surface area contributed by atoms with Gasteiger partial charge in [0.25, 0.3) is 5.91 Å².